The van der Waals surface area contributed by atoms with Crippen LogP contribution in [0.5, 0.6) is 0 Å². The second kappa shape index (κ2) is 10.7. The van der Waals surface area contributed by atoms with Crippen LogP contribution in [-0.4, -0.2) is 68.1 Å². The molecule has 0 unspecified atom stereocenters. The number of nitrogens with one attached hydrogen (secondary N) is 1. The van der Waals surface area contributed by atoms with E-state index in [-0.39, 0.29) is 19.1 Å². The van der Waals surface area contributed by atoms with Crippen molar-refractivity contribution >= 4 is 13.7 Å². The van der Waals surface area contributed by atoms with Crippen molar-refractivity contribution < 1.29 is 27.9 Å². The van der Waals surface area contributed by atoms with Crippen LogP contribution in [-0.2, 0) is 27.9 Å². The lowest BCUT2D eigenvalue weighted by Crippen LogP contribution is -2.40. The molecule has 8 nitrogen and oxygen atoms in total. The Hall–Kier alpha value is -0.500. The van der Waals surface area contributed by atoms with Gasteiger partial charge in [-0.1, -0.05) is 0 Å². The Labute approximate surface area is 176 Å². The maximum absolute atomic E-state index is 13.1. The predicted octanol–water partition coefficient (Wildman–Crippen LogP) is 3.61. The molecule has 1 heterocycles. The van der Waals surface area contributed by atoms with Gasteiger partial charge in [0, 0.05) is 19.6 Å². The van der Waals surface area contributed by atoms with Crippen LogP contribution < -0.4 is 5.09 Å². The molecule has 1 aliphatic rings. The van der Waals surface area contributed by atoms with E-state index in [1.165, 1.54) is 0 Å². The molecule has 9 heteroatoms. The molecular formula is C20H41N2O6P. The zero-order valence-electron chi connectivity index (χ0n) is 19.5. The Morgan fingerprint density at radius 2 is 1.52 bits per heavy atom. The smallest absolute Gasteiger partial charge is 0.406 e. The first-order chi connectivity index (χ1) is 13.1. The monoisotopic (exact) mass is 436 g/mol. The number of ether oxygens (including phenoxy) is 2. The molecule has 1 aliphatic heterocycles. The van der Waals surface area contributed by atoms with E-state index in [0.717, 1.165) is 32.8 Å². The minimum Gasteiger partial charge on any atom is -0.464 e. The van der Waals surface area contributed by atoms with Crippen molar-refractivity contribution in [3.8, 4) is 0 Å². The first-order valence-electron chi connectivity index (χ1n) is 10.4. The van der Waals surface area contributed by atoms with Crippen LogP contribution in [0.4, 0.5) is 0 Å². The maximum Gasteiger partial charge on any atom is 0.406 e. The molecule has 1 N–H and O–H groups in total. The standard InChI is InChI=1S/C20H41N2O6P/c1-18(2,3)27-29(24,28-19(4,5)6)21-10-14-26-17(23)20(7,8)9-11-22-12-15-25-16-13-22/h9-16H2,1-8H3,(H,21,24). The third kappa shape index (κ3) is 11.5. The van der Waals surface area contributed by atoms with Crippen molar-refractivity contribution in [2.75, 3.05) is 46.0 Å². The number of hydrogen-bond acceptors (Lipinski definition) is 7. The molecule has 0 aromatic carbocycles. The lowest BCUT2D eigenvalue weighted by atomic mass is 9.89. The largest absolute Gasteiger partial charge is 0.464 e. The lowest BCUT2D eigenvalue weighted by molar-refractivity contribution is -0.154. The van der Waals surface area contributed by atoms with Gasteiger partial charge in [0.1, 0.15) is 6.61 Å². The van der Waals surface area contributed by atoms with E-state index in [9.17, 15) is 9.36 Å². The highest BCUT2D eigenvalue weighted by atomic mass is 31.2. The Kier molecular flexibility index (Phi) is 9.78. The molecule has 0 aliphatic carbocycles. The van der Waals surface area contributed by atoms with Crippen LogP contribution in [0.2, 0.25) is 0 Å². The number of hydrogen-bond donors (Lipinski definition) is 1. The number of esters is 1. The quantitative estimate of drug-likeness (QED) is 0.316. The van der Waals surface area contributed by atoms with E-state index in [2.05, 4.69) is 9.99 Å². The summed E-state index contributed by atoms with van der Waals surface area (Å²) in [5.41, 5.74) is -1.89. The lowest BCUT2D eigenvalue weighted by Gasteiger charge is -2.32. The van der Waals surface area contributed by atoms with E-state index >= 15 is 0 Å². The molecule has 1 rings (SSSR count). The Morgan fingerprint density at radius 1 is 1.00 bits per heavy atom. The van der Waals surface area contributed by atoms with Gasteiger partial charge in [0.15, 0.2) is 0 Å². The topological polar surface area (TPSA) is 86.3 Å². The van der Waals surface area contributed by atoms with Crippen LogP contribution in [0.1, 0.15) is 61.8 Å². The van der Waals surface area contributed by atoms with Crippen LogP contribution in [0.3, 0.4) is 0 Å². The van der Waals surface area contributed by atoms with Gasteiger partial charge in [-0.25, -0.2) is 9.65 Å². The molecule has 0 spiro atoms. The van der Waals surface area contributed by atoms with Gasteiger partial charge in [-0.05, 0) is 68.4 Å². The third-order valence-electron chi connectivity index (χ3n) is 4.14. The second-order valence-electron chi connectivity index (χ2n) is 10.0. The molecular weight excluding hydrogens is 395 g/mol. The van der Waals surface area contributed by atoms with Crippen LogP contribution >= 0.6 is 7.75 Å². The number of morpholine rings is 1. The summed E-state index contributed by atoms with van der Waals surface area (Å²) in [6.45, 7) is 19.0. The summed E-state index contributed by atoms with van der Waals surface area (Å²) < 4.78 is 35.1. The SMILES string of the molecule is CC(C)(C)OP(=O)(NCCOC(=O)C(C)(C)CCN1CCOCC1)OC(C)(C)C. The van der Waals surface area contributed by atoms with Gasteiger partial charge < -0.3 is 9.47 Å². The highest BCUT2D eigenvalue weighted by Crippen LogP contribution is 2.50. The molecule has 0 saturated carbocycles. The molecule has 0 aromatic rings. The zero-order valence-corrected chi connectivity index (χ0v) is 20.4. The minimum atomic E-state index is -3.55. The Bertz CT molecular complexity index is 542. The minimum absolute atomic E-state index is 0.0881. The Balaban J connectivity index is 2.47. The van der Waals surface area contributed by atoms with Gasteiger partial charge in [-0.2, -0.15) is 0 Å². The van der Waals surface area contributed by atoms with E-state index in [0.29, 0.717) is 6.42 Å². The highest BCUT2D eigenvalue weighted by molar-refractivity contribution is 7.51. The average molecular weight is 437 g/mol. The van der Waals surface area contributed by atoms with Gasteiger partial charge in [-0.15, -0.1) is 0 Å². The summed E-state index contributed by atoms with van der Waals surface area (Å²) in [5.74, 6) is -0.268. The summed E-state index contributed by atoms with van der Waals surface area (Å²) in [7, 11) is -3.55. The number of carbonyl (C=O) groups is 1. The van der Waals surface area contributed by atoms with Crippen LogP contribution in [0, 0.1) is 5.41 Å². The fourth-order valence-corrected chi connectivity index (χ4v) is 4.66. The fraction of sp³-hybridized carbons (Fsp3) is 0.950. The number of carbonyl (C=O) groups excluding carboxylic acids is 1. The van der Waals surface area contributed by atoms with Crippen molar-refractivity contribution in [1.82, 2.24) is 9.99 Å². The molecule has 29 heavy (non-hydrogen) atoms. The summed E-state index contributed by atoms with van der Waals surface area (Å²) in [6.07, 6.45) is 0.706. The first-order valence-corrected chi connectivity index (χ1v) is 11.9. The van der Waals surface area contributed by atoms with Crippen molar-refractivity contribution in [3.05, 3.63) is 0 Å². The van der Waals surface area contributed by atoms with Crippen molar-refractivity contribution in [2.45, 2.75) is 73.0 Å². The molecule has 0 bridgehead atoms. The van der Waals surface area contributed by atoms with Crippen LogP contribution in [0.25, 0.3) is 0 Å². The molecule has 0 aromatic heterocycles. The van der Waals surface area contributed by atoms with Gasteiger partial charge in [0.05, 0.1) is 29.8 Å². The molecule has 172 valence electrons. The number of rotatable bonds is 10. The van der Waals surface area contributed by atoms with Crippen LogP contribution in [0.15, 0.2) is 0 Å². The van der Waals surface area contributed by atoms with E-state index in [4.69, 9.17) is 18.5 Å². The van der Waals surface area contributed by atoms with Gasteiger partial charge >= 0.3 is 13.7 Å². The fourth-order valence-electron chi connectivity index (χ4n) is 2.69. The van der Waals surface area contributed by atoms with E-state index in [1.807, 2.05) is 55.4 Å². The van der Waals surface area contributed by atoms with E-state index < -0.39 is 24.4 Å². The predicted molar refractivity (Wildman–Crippen MR) is 114 cm³/mol. The molecule has 0 amide bonds. The summed E-state index contributed by atoms with van der Waals surface area (Å²) >= 11 is 0. The summed E-state index contributed by atoms with van der Waals surface area (Å²) in [6, 6.07) is 0. The van der Waals surface area contributed by atoms with E-state index in [1.54, 1.807) is 0 Å². The van der Waals surface area contributed by atoms with Crippen molar-refractivity contribution in [2.24, 2.45) is 5.41 Å². The second-order valence-corrected chi connectivity index (χ2v) is 11.7. The number of nitrogens with zero attached hydrogens (tertiary/aromatic N) is 1. The Morgan fingerprint density at radius 3 is 2.00 bits per heavy atom. The molecule has 0 atom stereocenters. The molecule has 1 fully saturated rings. The molecule has 0 radical (unpaired) electrons. The first kappa shape index (κ1) is 26.5. The highest BCUT2D eigenvalue weighted by Gasteiger charge is 2.35. The normalized spacial score (nSPS) is 17.4. The van der Waals surface area contributed by atoms with Gasteiger partial charge in [0.2, 0.25) is 0 Å². The average Bonchev–Trinajstić information content (AvgIpc) is 2.54. The third-order valence-corrected chi connectivity index (χ3v) is 6.33. The van der Waals surface area contributed by atoms with Crippen molar-refractivity contribution in [1.29, 1.82) is 0 Å². The summed E-state index contributed by atoms with van der Waals surface area (Å²) in [4.78, 5) is 14.8. The zero-order chi connectivity index (χ0) is 22.3. The van der Waals surface area contributed by atoms with Crippen molar-refractivity contribution in [3.63, 3.8) is 0 Å². The van der Waals surface area contributed by atoms with Gasteiger partial charge in [-0.3, -0.25) is 18.7 Å². The maximum atomic E-state index is 13.1. The summed E-state index contributed by atoms with van der Waals surface area (Å²) in [5, 5.41) is 2.81. The molecule has 1 saturated heterocycles. The van der Waals surface area contributed by atoms with Gasteiger partial charge in [0.25, 0.3) is 0 Å².